The maximum Gasteiger partial charge on any atom is 0.322 e. The molecule has 0 aliphatic carbocycles. The first-order valence-corrected chi connectivity index (χ1v) is 16.8. The summed E-state index contributed by atoms with van der Waals surface area (Å²) >= 11 is 0. The van der Waals surface area contributed by atoms with Crippen LogP contribution in [0.4, 0.5) is 0 Å². The summed E-state index contributed by atoms with van der Waals surface area (Å²) in [5.74, 6) is -2.04. The number of ether oxygens (including phenoxy) is 5. The van der Waals surface area contributed by atoms with Crippen LogP contribution < -0.4 is 0 Å². The Morgan fingerprint density at radius 2 is 0.977 bits per heavy atom. The molecule has 0 aromatic carbocycles. The molecule has 1 aliphatic heterocycles. The number of nitrogens with zero attached hydrogens (tertiary/aromatic N) is 2. The van der Waals surface area contributed by atoms with E-state index in [1.807, 2.05) is 0 Å². The molecule has 0 N–H and O–H groups in total. The summed E-state index contributed by atoms with van der Waals surface area (Å²) in [6, 6.07) is 0. The van der Waals surface area contributed by atoms with Gasteiger partial charge in [0.1, 0.15) is 12.7 Å². The van der Waals surface area contributed by atoms with Gasteiger partial charge in [-0.3, -0.25) is 29.0 Å². The lowest BCUT2D eigenvalue weighted by Crippen LogP contribution is -2.43. The number of unbranched alkanes of at least 4 members (excludes halogenated alkanes) is 12. The van der Waals surface area contributed by atoms with E-state index in [0.29, 0.717) is 12.8 Å². The highest BCUT2D eigenvalue weighted by molar-refractivity contribution is 5.73. The van der Waals surface area contributed by atoms with Gasteiger partial charge in [-0.25, -0.2) is 0 Å². The molecule has 1 heterocycles. The maximum absolute atomic E-state index is 12.9. The van der Waals surface area contributed by atoms with Crippen LogP contribution in [-0.2, 0) is 42.9 Å². The number of likely N-dealkylation sites (N-methyl/N-ethyl adjacent to an activating group) is 2. The fourth-order valence-corrected chi connectivity index (χ4v) is 4.97. The molecule has 0 radical (unpaired) electrons. The Bertz CT molecular complexity index is 821. The van der Waals surface area contributed by atoms with Gasteiger partial charge in [-0.15, -0.1) is 0 Å². The molecule has 1 rings (SSSR count). The molecule has 0 bridgehead atoms. The molecule has 0 aromatic rings. The summed E-state index contributed by atoms with van der Waals surface area (Å²) in [7, 11) is 6.92. The molecule has 0 saturated carbocycles. The summed E-state index contributed by atoms with van der Waals surface area (Å²) in [4.78, 5) is 54.0. The van der Waals surface area contributed by atoms with Crippen LogP contribution in [0.5, 0.6) is 0 Å². The van der Waals surface area contributed by atoms with Gasteiger partial charge < -0.3 is 23.7 Å². The third-order valence-corrected chi connectivity index (χ3v) is 7.32. The number of carbonyl (C=O) groups is 4. The third kappa shape index (κ3) is 18.5. The molecule has 11 heteroatoms. The van der Waals surface area contributed by atoms with Crippen LogP contribution in [0.3, 0.4) is 0 Å². The van der Waals surface area contributed by atoms with Crippen molar-refractivity contribution in [2.75, 3.05) is 47.9 Å². The van der Waals surface area contributed by atoms with Crippen LogP contribution in [-0.4, -0.2) is 106 Å². The normalized spacial score (nSPS) is 19.7. The molecule has 4 atom stereocenters. The van der Waals surface area contributed by atoms with Crippen LogP contribution in [0.15, 0.2) is 0 Å². The van der Waals surface area contributed by atoms with Gasteiger partial charge in [-0.05, 0) is 41.0 Å². The van der Waals surface area contributed by atoms with Crippen molar-refractivity contribution in [2.24, 2.45) is 0 Å². The number of carbonyl (C=O) groups excluding carboxylic acids is 4. The lowest BCUT2D eigenvalue weighted by Gasteiger charge is -2.24. The third-order valence-electron chi connectivity index (χ3n) is 7.32. The predicted molar refractivity (Wildman–Crippen MR) is 168 cm³/mol. The van der Waals surface area contributed by atoms with Crippen LogP contribution in [0.25, 0.3) is 0 Å². The zero-order chi connectivity index (χ0) is 32.7. The molecule has 44 heavy (non-hydrogen) atoms. The zero-order valence-corrected chi connectivity index (χ0v) is 28.3. The molecule has 1 saturated heterocycles. The Kier molecular flexibility index (Phi) is 21.7. The van der Waals surface area contributed by atoms with Crippen molar-refractivity contribution in [1.82, 2.24) is 9.80 Å². The van der Waals surface area contributed by atoms with E-state index in [1.54, 1.807) is 38.0 Å². The van der Waals surface area contributed by atoms with Gasteiger partial charge in [0.2, 0.25) is 12.4 Å². The minimum Gasteiger partial charge on any atom is -0.462 e. The highest BCUT2D eigenvalue weighted by Gasteiger charge is 2.52. The van der Waals surface area contributed by atoms with Gasteiger partial charge in [-0.1, -0.05) is 90.9 Å². The van der Waals surface area contributed by atoms with E-state index < -0.39 is 48.5 Å². The van der Waals surface area contributed by atoms with Crippen LogP contribution >= 0.6 is 0 Å². The minimum absolute atomic E-state index is 0.0241. The topological polar surface area (TPSA) is 121 Å². The second kappa shape index (κ2) is 24.1. The summed E-state index contributed by atoms with van der Waals surface area (Å²) in [5, 5.41) is 0. The van der Waals surface area contributed by atoms with Crippen LogP contribution in [0.1, 0.15) is 117 Å². The van der Waals surface area contributed by atoms with Crippen molar-refractivity contribution < 1.29 is 42.9 Å². The minimum atomic E-state index is -1.31. The Morgan fingerprint density at radius 3 is 1.45 bits per heavy atom. The lowest BCUT2D eigenvalue weighted by atomic mass is 10.1. The second-order valence-corrected chi connectivity index (χ2v) is 12.3. The quantitative estimate of drug-likeness (QED) is 0.0769. The summed E-state index contributed by atoms with van der Waals surface area (Å²) in [5.41, 5.74) is 0. The highest BCUT2D eigenvalue weighted by atomic mass is 16.8. The molecule has 256 valence electrons. The molecule has 0 aromatic heterocycles. The standard InChI is InChI=1S/C33H60N2O9/c1-7-9-11-13-15-17-19-21-27(36)42-31-26(25-40-29(38)23-34(3)4)41-33(44-30(39)24-35(5)6)32(31)43-28(37)22-20-18-16-14-12-10-8-2/h26,31-33H,7-25H2,1-6H3/t26-,31?,32?,33+/m1/s1. The highest BCUT2D eigenvalue weighted by Crippen LogP contribution is 2.30. The molecular formula is C33H60N2O9. The van der Waals surface area contributed by atoms with Crippen molar-refractivity contribution in [2.45, 2.75) is 141 Å². The van der Waals surface area contributed by atoms with E-state index >= 15 is 0 Å². The maximum atomic E-state index is 12.9. The number of hydrogen-bond acceptors (Lipinski definition) is 11. The second-order valence-electron chi connectivity index (χ2n) is 12.3. The molecule has 1 aliphatic rings. The first-order valence-electron chi connectivity index (χ1n) is 16.8. The van der Waals surface area contributed by atoms with Crippen molar-refractivity contribution in [3.8, 4) is 0 Å². The molecular weight excluding hydrogens is 568 g/mol. The Hall–Kier alpha value is -2.24. The average Bonchev–Trinajstić information content (AvgIpc) is 3.24. The van der Waals surface area contributed by atoms with Crippen molar-refractivity contribution in [1.29, 1.82) is 0 Å². The van der Waals surface area contributed by atoms with Crippen LogP contribution in [0.2, 0.25) is 0 Å². The van der Waals surface area contributed by atoms with Gasteiger partial charge in [-0.2, -0.15) is 0 Å². The van der Waals surface area contributed by atoms with Gasteiger partial charge in [0.15, 0.2) is 6.10 Å². The first-order chi connectivity index (χ1) is 21.1. The largest absolute Gasteiger partial charge is 0.462 e. The SMILES string of the molecule is CCCCCCCCCC(=O)OC1C(OC(=O)CCCCCCCCC)[C@@H](COC(=O)CN(C)C)O[C@H]1OC(=O)CN(C)C. The van der Waals surface area contributed by atoms with Gasteiger partial charge >= 0.3 is 23.9 Å². The molecule has 0 amide bonds. The number of esters is 4. The van der Waals surface area contributed by atoms with Gasteiger partial charge in [0.25, 0.3) is 0 Å². The van der Waals surface area contributed by atoms with E-state index in [4.69, 9.17) is 23.7 Å². The van der Waals surface area contributed by atoms with Crippen molar-refractivity contribution in [3.05, 3.63) is 0 Å². The summed E-state index contributed by atoms with van der Waals surface area (Å²) < 4.78 is 28.5. The molecule has 1 fully saturated rings. The lowest BCUT2D eigenvalue weighted by molar-refractivity contribution is -0.200. The smallest absolute Gasteiger partial charge is 0.322 e. The van der Waals surface area contributed by atoms with E-state index in [-0.39, 0.29) is 32.5 Å². The van der Waals surface area contributed by atoms with E-state index in [2.05, 4.69) is 13.8 Å². The van der Waals surface area contributed by atoms with Crippen molar-refractivity contribution in [3.63, 3.8) is 0 Å². The van der Waals surface area contributed by atoms with Gasteiger partial charge in [0, 0.05) is 12.8 Å². The Labute approximate surface area is 265 Å². The first kappa shape index (κ1) is 39.8. The Morgan fingerprint density at radius 1 is 0.545 bits per heavy atom. The molecule has 0 spiro atoms. The molecule has 2 unspecified atom stereocenters. The van der Waals surface area contributed by atoms with Crippen LogP contribution in [0, 0.1) is 0 Å². The fraction of sp³-hybridized carbons (Fsp3) is 0.879. The molecule has 11 nitrogen and oxygen atoms in total. The zero-order valence-electron chi connectivity index (χ0n) is 28.3. The van der Waals surface area contributed by atoms with E-state index in [1.165, 1.54) is 38.5 Å². The monoisotopic (exact) mass is 628 g/mol. The average molecular weight is 629 g/mol. The Balaban J connectivity index is 2.95. The number of hydrogen-bond donors (Lipinski definition) is 0. The summed E-state index contributed by atoms with van der Waals surface area (Å²) in [6.07, 6.45) is 10.5. The van der Waals surface area contributed by atoms with Gasteiger partial charge in [0.05, 0.1) is 13.1 Å². The predicted octanol–water partition coefficient (Wildman–Crippen LogP) is 5.03. The fourth-order valence-electron chi connectivity index (χ4n) is 4.97. The van der Waals surface area contributed by atoms with E-state index in [0.717, 1.165) is 38.5 Å². The number of rotatable bonds is 25. The van der Waals surface area contributed by atoms with Crippen molar-refractivity contribution >= 4 is 23.9 Å². The van der Waals surface area contributed by atoms with E-state index in [9.17, 15) is 19.2 Å². The summed E-state index contributed by atoms with van der Waals surface area (Å²) in [6.45, 7) is 4.12.